The number of amides is 2. The molecule has 1 heterocycles. The molecule has 1 aliphatic heterocycles. The Kier molecular flexibility index (Phi) is 6.24. The smallest absolute Gasteiger partial charge is 0.243 e. The highest BCUT2D eigenvalue weighted by Gasteiger charge is 2.26. The van der Waals surface area contributed by atoms with Gasteiger partial charge in [0.1, 0.15) is 12.3 Å². The van der Waals surface area contributed by atoms with Crippen LogP contribution in [0.5, 0.6) is 5.75 Å². The van der Waals surface area contributed by atoms with Crippen LogP contribution in [0.3, 0.4) is 0 Å². The zero-order valence-corrected chi connectivity index (χ0v) is 15.2. The third-order valence-corrected chi connectivity index (χ3v) is 5.05. The van der Waals surface area contributed by atoms with E-state index in [-0.39, 0.29) is 12.5 Å². The van der Waals surface area contributed by atoms with Crippen LogP contribution in [0, 0.1) is 0 Å². The van der Waals surface area contributed by atoms with E-state index in [2.05, 4.69) is 0 Å². The molecule has 2 amide bonds. The maximum atomic E-state index is 12.5. The molecule has 1 fully saturated rings. The van der Waals surface area contributed by atoms with Crippen molar-refractivity contribution in [2.45, 2.75) is 6.92 Å². The van der Waals surface area contributed by atoms with E-state index in [0.29, 0.717) is 44.2 Å². The van der Waals surface area contributed by atoms with E-state index in [9.17, 15) is 18.0 Å². The van der Waals surface area contributed by atoms with Gasteiger partial charge in [0.15, 0.2) is 0 Å². The van der Waals surface area contributed by atoms with Crippen molar-refractivity contribution in [3.05, 3.63) is 24.3 Å². The van der Waals surface area contributed by atoms with Crippen molar-refractivity contribution in [2.75, 3.05) is 49.9 Å². The van der Waals surface area contributed by atoms with Gasteiger partial charge in [0, 0.05) is 32.2 Å². The highest BCUT2D eigenvalue weighted by atomic mass is 32.2. The SMILES string of the molecule is CCOc1cccc(N(CC(=O)N2CCN(C=O)CC2)S(C)(=O)=O)c1. The summed E-state index contributed by atoms with van der Waals surface area (Å²) in [7, 11) is -3.64. The Morgan fingerprint density at radius 2 is 1.96 bits per heavy atom. The number of carbonyl (C=O) groups excluding carboxylic acids is 2. The molecule has 1 aromatic carbocycles. The molecule has 0 atom stereocenters. The Bertz CT molecular complexity index is 714. The van der Waals surface area contributed by atoms with Crippen molar-refractivity contribution in [1.82, 2.24) is 9.80 Å². The Morgan fingerprint density at radius 1 is 1.28 bits per heavy atom. The lowest BCUT2D eigenvalue weighted by molar-refractivity contribution is -0.133. The topological polar surface area (TPSA) is 87.2 Å². The third kappa shape index (κ3) is 5.09. The number of hydrogen-bond donors (Lipinski definition) is 0. The first kappa shape index (κ1) is 19.0. The number of nitrogens with zero attached hydrogens (tertiary/aromatic N) is 3. The van der Waals surface area contributed by atoms with Crippen molar-refractivity contribution in [3.63, 3.8) is 0 Å². The van der Waals surface area contributed by atoms with Crippen molar-refractivity contribution in [3.8, 4) is 5.75 Å². The predicted octanol–water partition coefficient (Wildman–Crippen LogP) is 0.152. The maximum Gasteiger partial charge on any atom is 0.243 e. The summed E-state index contributed by atoms with van der Waals surface area (Å²) in [6.07, 6.45) is 1.82. The average Bonchev–Trinajstić information content (AvgIpc) is 2.59. The quantitative estimate of drug-likeness (QED) is 0.639. The van der Waals surface area contributed by atoms with E-state index < -0.39 is 10.0 Å². The maximum absolute atomic E-state index is 12.5. The molecule has 0 aromatic heterocycles. The van der Waals surface area contributed by atoms with Crippen LogP contribution in [0.4, 0.5) is 5.69 Å². The summed E-state index contributed by atoms with van der Waals surface area (Å²) in [6, 6.07) is 6.64. The van der Waals surface area contributed by atoms with Crippen molar-refractivity contribution < 1.29 is 22.7 Å². The lowest BCUT2D eigenvalue weighted by Crippen LogP contribution is -2.51. The minimum atomic E-state index is -3.64. The molecule has 0 spiro atoms. The second-order valence-electron chi connectivity index (χ2n) is 5.72. The lowest BCUT2D eigenvalue weighted by Gasteiger charge is -2.34. The molecule has 8 nitrogen and oxygen atoms in total. The minimum absolute atomic E-state index is 0.282. The fraction of sp³-hybridized carbons (Fsp3) is 0.500. The number of ether oxygens (including phenoxy) is 1. The number of piperazine rings is 1. The monoisotopic (exact) mass is 369 g/mol. The molecule has 0 radical (unpaired) electrons. The lowest BCUT2D eigenvalue weighted by atomic mass is 10.3. The van der Waals surface area contributed by atoms with Gasteiger partial charge in [-0.05, 0) is 19.1 Å². The number of carbonyl (C=O) groups is 2. The first-order valence-corrected chi connectivity index (χ1v) is 9.87. The predicted molar refractivity (Wildman–Crippen MR) is 94.0 cm³/mol. The van der Waals surface area contributed by atoms with Gasteiger partial charge in [0.2, 0.25) is 22.3 Å². The number of benzene rings is 1. The summed E-state index contributed by atoms with van der Waals surface area (Å²) in [5.41, 5.74) is 0.383. The minimum Gasteiger partial charge on any atom is -0.494 e. The molecule has 25 heavy (non-hydrogen) atoms. The molecule has 2 rings (SSSR count). The molecule has 0 aliphatic carbocycles. The van der Waals surface area contributed by atoms with Gasteiger partial charge in [-0.1, -0.05) is 6.07 Å². The van der Waals surface area contributed by atoms with Crippen LogP contribution in [-0.4, -0.2) is 76.1 Å². The molecule has 9 heteroatoms. The summed E-state index contributed by atoms with van der Waals surface area (Å²) in [5, 5.41) is 0. The third-order valence-electron chi connectivity index (χ3n) is 3.91. The Morgan fingerprint density at radius 3 is 2.52 bits per heavy atom. The molecule has 0 saturated carbocycles. The average molecular weight is 369 g/mol. The molecule has 0 bridgehead atoms. The van der Waals surface area contributed by atoms with E-state index in [1.807, 2.05) is 6.92 Å². The fourth-order valence-electron chi connectivity index (χ4n) is 2.59. The van der Waals surface area contributed by atoms with Crippen LogP contribution in [0.15, 0.2) is 24.3 Å². The van der Waals surface area contributed by atoms with Gasteiger partial charge in [-0.25, -0.2) is 8.42 Å². The van der Waals surface area contributed by atoms with Gasteiger partial charge < -0.3 is 14.5 Å². The standard InChI is InChI=1S/C16H23N3O5S/c1-3-24-15-6-4-5-14(11-15)19(25(2,22)23)12-16(21)18-9-7-17(13-20)8-10-18/h4-6,11,13H,3,7-10,12H2,1-2H3. The van der Waals surface area contributed by atoms with Crippen LogP contribution < -0.4 is 9.04 Å². The summed E-state index contributed by atoms with van der Waals surface area (Å²) < 4.78 is 30.8. The van der Waals surface area contributed by atoms with Gasteiger partial charge in [-0.2, -0.15) is 0 Å². The van der Waals surface area contributed by atoms with E-state index in [4.69, 9.17) is 4.74 Å². The van der Waals surface area contributed by atoms with Gasteiger partial charge in [0.05, 0.1) is 18.6 Å². The summed E-state index contributed by atoms with van der Waals surface area (Å²) in [5.74, 6) is 0.249. The van der Waals surface area contributed by atoms with E-state index in [1.165, 1.54) is 0 Å². The van der Waals surface area contributed by atoms with Crippen molar-refractivity contribution in [2.24, 2.45) is 0 Å². The van der Waals surface area contributed by atoms with Gasteiger partial charge in [0.25, 0.3) is 0 Å². The van der Waals surface area contributed by atoms with E-state index in [1.54, 1.807) is 34.1 Å². The van der Waals surface area contributed by atoms with Crippen LogP contribution in [0.2, 0.25) is 0 Å². The Hall–Kier alpha value is -2.29. The fourth-order valence-corrected chi connectivity index (χ4v) is 3.44. The molecule has 0 N–H and O–H groups in total. The number of hydrogen-bond acceptors (Lipinski definition) is 5. The molecule has 138 valence electrons. The highest BCUT2D eigenvalue weighted by molar-refractivity contribution is 7.92. The summed E-state index contributed by atoms with van der Waals surface area (Å²) in [4.78, 5) is 26.4. The van der Waals surface area contributed by atoms with Crippen LogP contribution in [-0.2, 0) is 19.6 Å². The highest BCUT2D eigenvalue weighted by Crippen LogP contribution is 2.23. The normalized spacial score (nSPS) is 15.0. The number of anilines is 1. The zero-order valence-electron chi connectivity index (χ0n) is 14.4. The first-order valence-electron chi connectivity index (χ1n) is 8.03. The second-order valence-corrected chi connectivity index (χ2v) is 7.63. The molecular weight excluding hydrogens is 346 g/mol. The first-order chi connectivity index (χ1) is 11.8. The Labute approximate surface area is 148 Å². The largest absolute Gasteiger partial charge is 0.494 e. The second kappa shape index (κ2) is 8.19. The van der Waals surface area contributed by atoms with Crippen LogP contribution in [0.1, 0.15) is 6.92 Å². The van der Waals surface area contributed by atoms with E-state index >= 15 is 0 Å². The van der Waals surface area contributed by atoms with Crippen molar-refractivity contribution in [1.29, 1.82) is 0 Å². The summed E-state index contributed by atoms with van der Waals surface area (Å²) in [6.45, 7) is 3.71. The van der Waals surface area contributed by atoms with E-state index in [0.717, 1.165) is 17.0 Å². The molecule has 1 saturated heterocycles. The zero-order chi connectivity index (χ0) is 18.4. The van der Waals surface area contributed by atoms with Crippen LogP contribution in [0.25, 0.3) is 0 Å². The number of rotatable bonds is 7. The summed E-state index contributed by atoms with van der Waals surface area (Å²) >= 11 is 0. The van der Waals surface area contributed by atoms with Gasteiger partial charge in [-0.15, -0.1) is 0 Å². The molecular formula is C16H23N3O5S. The van der Waals surface area contributed by atoms with Crippen molar-refractivity contribution >= 4 is 28.0 Å². The molecule has 1 aliphatic rings. The molecule has 0 unspecified atom stereocenters. The van der Waals surface area contributed by atoms with Crippen LogP contribution >= 0.6 is 0 Å². The van der Waals surface area contributed by atoms with Gasteiger partial charge in [-0.3, -0.25) is 13.9 Å². The van der Waals surface area contributed by atoms with Gasteiger partial charge >= 0.3 is 0 Å². The Balaban J connectivity index is 2.15. The number of sulfonamides is 1. The molecule has 1 aromatic rings.